The summed E-state index contributed by atoms with van der Waals surface area (Å²) in [5.41, 5.74) is 3.15. The van der Waals surface area contributed by atoms with Crippen LogP contribution in [0.4, 0.5) is 0 Å². The first-order valence-corrected chi connectivity index (χ1v) is 10.6. The summed E-state index contributed by atoms with van der Waals surface area (Å²) >= 11 is 0. The van der Waals surface area contributed by atoms with Gasteiger partial charge in [-0.25, -0.2) is 8.42 Å². The van der Waals surface area contributed by atoms with Crippen molar-refractivity contribution >= 4 is 21.8 Å². The number of sulfonamides is 1. The molecule has 0 spiro atoms. The van der Waals surface area contributed by atoms with E-state index in [1.54, 1.807) is 43.5 Å². The summed E-state index contributed by atoms with van der Waals surface area (Å²) in [6.45, 7) is 4.38. The largest absolute Gasteiger partial charge is 0.496 e. The van der Waals surface area contributed by atoms with Crippen LogP contribution >= 0.6 is 0 Å². The number of hydrogen-bond acceptors (Lipinski definition) is 6. The van der Waals surface area contributed by atoms with Gasteiger partial charge in [0, 0.05) is 36.4 Å². The maximum absolute atomic E-state index is 12.5. The van der Waals surface area contributed by atoms with Crippen LogP contribution in [-0.2, 0) is 21.4 Å². The number of aryl methyl sites for hydroxylation is 1. The van der Waals surface area contributed by atoms with E-state index in [1.807, 2.05) is 13.8 Å². The van der Waals surface area contributed by atoms with Crippen molar-refractivity contribution in [2.45, 2.75) is 31.7 Å². The predicted octanol–water partition coefficient (Wildman–Crippen LogP) is 1.79. The Balaban J connectivity index is 1.64. The molecule has 0 aliphatic carbocycles. The Morgan fingerprint density at radius 3 is 2.72 bits per heavy atom. The minimum atomic E-state index is -3.57. The fraction of sp³-hybridized carbons (Fsp3) is 0.350. The van der Waals surface area contributed by atoms with Gasteiger partial charge in [-0.2, -0.15) is 0 Å². The molecule has 0 saturated carbocycles. The SMILES string of the molecule is COc1c(C)cnc(CN(C)C(=O)CCN=C2NS(=O)(=O)c3ccccc32)c1C. The Morgan fingerprint density at radius 1 is 1.28 bits per heavy atom. The number of nitrogens with one attached hydrogen (secondary N) is 1. The molecule has 0 bridgehead atoms. The van der Waals surface area contributed by atoms with Gasteiger partial charge in [0.2, 0.25) is 5.91 Å². The van der Waals surface area contributed by atoms with E-state index in [-0.39, 0.29) is 29.6 Å². The zero-order chi connectivity index (χ0) is 21.2. The minimum Gasteiger partial charge on any atom is -0.496 e. The molecule has 1 N–H and O–H groups in total. The zero-order valence-corrected chi connectivity index (χ0v) is 17.7. The lowest BCUT2D eigenvalue weighted by Gasteiger charge is -2.19. The molecule has 3 rings (SSSR count). The number of aromatic nitrogens is 1. The number of hydrogen-bond donors (Lipinski definition) is 1. The lowest BCUT2D eigenvalue weighted by Crippen LogP contribution is -2.28. The van der Waals surface area contributed by atoms with Crippen LogP contribution < -0.4 is 9.46 Å². The highest BCUT2D eigenvalue weighted by Crippen LogP contribution is 2.25. The van der Waals surface area contributed by atoms with Crippen LogP contribution in [0, 0.1) is 13.8 Å². The standard InChI is InChI=1S/C20H24N4O4S/c1-13-11-22-16(14(2)19(13)28-4)12-24(3)18(25)9-10-21-20-15-7-5-6-8-17(15)29(26,27)23-20/h5-8,11H,9-10,12H2,1-4H3,(H,21,23). The number of rotatable bonds is 6. The van der Waals surface area contributed by atoms with Gasteiger partial charge in [0.05, 0.1) is 30.8 Å². The molecular formula is C20H24N4O4S. The van der Waals surface area contributed by atoms with E-state index >= 15 is 0 Å². The Hall–Kier alpha value is -2.94. The molecule has 1 amide bonds. The maximum atomic E-state index is 12.5. The smallest absolute Gasteiger partial charge is 0.263 e. The summed E-state index contributed by atoms with van der Waals surface area (Å²) in [6.07, 6.45) is 1.89. The molecule has 0 radical (unpaired) electrons. The highest BCUT2D eigenvalue weighted by atomic mass is 32.2. The molecular weight excluding hydrogens is 392 g/mol. The predicted molar refractivity (Wildman–Crippen MR) is 110 cm³/mol. The van der Waals surface area contributed by atoms with Crippen molar-refractivity contribution in [2.75, 3.05) is 20.7 Å². The topological polar surface area (TPSA) is 101 Å². The minimum absolute atomic E-state index is 0.107. The van der Waals surface area contributed by atoms with Gasteiger partial charge in [-0.3, -0.25) is 19.5 Å². The number of nitrogens with zero attached hydrogens (tertiary/aromatic N) is 3. The summed E-state index contributed by atoms with van der Waals surface area (Å²) in [4.78, 5) is 23.0. The molecule has 8 nitrogen and oxygen atoms in total. The van der Waals surface area contributed by atoms with Crippen LogP contribution in [0.25, 0.3) is 0 Å². The van der Waals surface area contributed by atoms with E-state index in [0.717, 1.165) is 22.6 Å². The summed E-state index contributed by atoms with van der Waals surface area (Å²) in [7, 11) is -0.255. The van der Waals surface area contributed by atoms with Crippen molar-refractivity contribution in [2.24, 2.45) is 4.99 Å². The number of pyridine rings is 1. The molecule has 0 fully saturated rings. The molecule has 0 unspecified atom stereocenters. The van der Waals surface area contributed by atoms with Crippen LogP contribution in [0.5, 0.6) is 5.75 Å². The second-order valence-electron chi connectivity index (χ2n) is 6.88. The zero-order valence-electron chi connectivity index (χ0n) is 16.9. The Morgan fingerprint density at radius 2 is 2.00 bits per heavy atom. The lowest BCUT2D eigenvalue weighted by molar-refractivity contribution is -0.130. The molecule has 1 aromatic heterocycles. The number of amidine groups is 1. The maximum Gasteiger partial charge on any atom is 0.263 e. The quantitative estimate of drug-likeness (QED) is 0.774. The van der Waals surface area contributed by atoms with E-state index in [4.69, 9.17) is 4.74 Å². The van der Waals surface area contributed by atoms with Crippen molar-refractivity contribution in [3.8, 4) is 5.75 Å². The van der Waals surface area contributed by atoms with E-state index < -0.39 is 10.0 Å². The molecule has 1 aliphatic heterocycles. The summed E-state index contributed by atoms with van der Waals surface area (Å²) in [5, 5.41) is 0. The summed E-state index contributed by atoms with van der Waals surface area (Å²) in [5.74, 6) is 0.940. The van der Waals surface area contributed by atoms with Gasteiger partial charge in [-0.1, -0.05) is 12.1 Å². The highest BCUT2D eigenvalue weighted by Gasteiger charge is 2.30. The van der Waals surface area contributed by atoms with E-state index in [9.17, 15) is 13.2 Å². The van der Waals surface area contributed by atoms with Gasteiger partial charge >= 0.3 is 0 Å². The van der Waals surface area contributed by atoms with Crippen molar-refractivity contribution in [1.82, 2.24) is 14.6 Å². The van der Waals surface area contributed by atoms with Gasteiger partial charge in [-0.15, -0.1) is 0 Å². The second kappa shape index (κ2) is 8.20. The molecule has 154 valence electrons. The first kappa shape index (κ1) is 20.8. The van der Waals surface area contributed by atoms with Crippen LogP contribution in [0.3, 0.4) is 0 Å². The van der Waals surface area contributed by atoms with Gasteiger partial charge < -0.3 is 9.64 Å². The van der Waals surface area contributed by atoms with Crippen molar-refractivity contribution < 1.29 is 17.9 Å². The molecule has 29 heavy (non-hydrogen) atoms. The fourth-order valence-electron chi connectivity index (χ4n) is 3.25. The van der Waals surface area contributed by atoms with Crippen LogP contribution in [-0.4, -0.2) is 50.7 Å². The van der Waals surface area contributed by atoms with Crippen LogP contribution in [0.15, 0.2) is 40.4 Å². The molecule has 0 atom stereocenters. The fourth-order valence-corrected chi connectivity index (χ4v) is 4.50. The third kappa shape index (κ3) is 4.24. The lowest BCUT2D eigenvalue weighted by atomic mass is 10.1. The number of fused-ring (bicyclic) bond motifs is 1. The first-order chi connectivity index (χ1) is 13.7. The summed E-state index contributed by atoms with van der Waals surface area (Å²) < 4.78 is 32.0. The third-order valence-electron chi connectivity index (χ3n) is 4.82. The molecule has 1 aliphatic rings. The van der Waals surface area contributed by atoms with Crippen LogP contribution in [0.2, 0.25) is 0 Å². The average Bonchev–Trinajstić information content (AvgIpc) is 2.95. The Kier molecular flexibility index (Phi) is 5.88. The number of carbonyl (C=O) groups excluding carboxylic acids is 1. The second-order valence-corrected chi connectivity index (χ2v) is 8.53. The molecule has 1 aromatic carbocycles. The molecule has 2 aromatic rings. The van der Waals surface area contributed by atoms with Crippen molar-refractivity contribution in [3.05, 3.63) is 52.8 Å². The molecule has 2 heterocycles. The highest BCUT2D eigenvalue weighted by molar-refractivity contribution is 7.90. The van der Waals surface area contributed by atoms with Crippen molar-refractivity contribution in [3.63, 3.8) is 0 Å². The average molecular weight is 417 g/mol. The number of amides is 1. The molecule has 9 heteroatoms. The van der Waals surface area contributed by atoms with Gasteiger partial charge in [-0.05, 0) is 26.0 Å². The number of aliphatic imine (C=N–C) groups is 1. The Labute approximate surface area is 170 Å². The van der Waals surface area contributed by atoms with E-state index in [1.165, 1.54) is 6.07 Å². The van der Waals surface area contributed by atoms with Crippen LogP contribution in [0.1, 0.15) is 28.8 Å². The van der Waals surface area contributed by atoms with Gasteiger partial charge in [0.15, 0.2) is 0 Å². The van der Waals surface area contributed by atoms with E-state index in [2.05, 4.69) is 14.7 Å². The number of carbonyl (C=O) groups is 1. The monoisotopic (exact) mass is 416 g/mol. The van der Waals surface area contributed by atoms with Gasteiger partial charge in [0.1, 0.15) is 11.6 Å². The normalized spacial score (nSPS) is 15.7. The number of methoxy groups -OCH3 is 1. The number of ether oxygens (including phenoxy) is 1. The first-order valence-electron chi connectivity index (χ1n) is 9.14. The van der Waals surface area contributed by atoms with Crippen molar-refractivity contribution in [1.29, 1.82) is 0 Å². The van der Waals surface area contributed by atoms with E-state index in [0.29, 0.717) is 12.1 Å². The summed E-state index contributed by atoms with van der Waals surface area (Å²) in [6, 6.07) is 6.64. The molecule has 0 saturated heterocycles. The van der Waals surface area contributed by atoms with Gasteiger partial charge in [0.25, 0.3) is 10.0 Å². The Bertz CT molecular complexity index is 1080. The number of benzene rings is 1. The third-order valence-corrected chi connectivity index (χ3v) is 6.22.